The Morgan fingerprint density at radius 3 is 2.45 bits per heavy atom. The van der Waals surface area contributed by atoms with Gasteiger partial charge >= 0.3 is 5.97 Å². The molecule has 0 aliphatic heterocycles. The summed E-state index contributed by atoms with van der Waals surface area (Å²) in [5.74, 6) is -1.02. The van der Waals surface area contributed by atoms with Crippen molar-refractivity contribution in [2.75, 3.05) is 13.2 Å². The summed E-state index contributed by atoms with van der Waals surface area (Å²) in [6.45, 7) is 0.372. The third-order valence-electron chi connectivity index (χ3n) is 4.67. The number of aliphatic imine (C=N–C) groups is 1. The average Bonchev–Trinajstić information content (AvgIpc) is 2.80. The molecule has 0 aromatic heterocycles. The van der Waals surface area contributed by atoms with Crippen molar-refractivity contribution >= 4 is 40.5 Å². The number of fused-ring (bicyclic) bond motifs is 1. The van der Waals surface area contributed by atoms with E-state index in [1.165, 1.54) is 6.34 Å². The maximum absolute atomic E-state index is 12.7. The number of primary amides is 1. The predicted octanol–water partition coefficient (Wildman–Crippen LogP) is 1.12. The highest BCUT2D eigenvalue weighted by atomic mass is 16.5. The number of nitrogens with two attached hydrogens (primary N) is 2. The smallest absolute Gasteiger partial charge is 0.343 e. The number of nitrogen functional groups attached to an aromatic ring is 1. The van der Waals surface area contributed by atoms with E-state index in [9.17, 15) is 9.59 Å². The van der Waals surface area contributed by atoms with Crippen LogP contribution >= 0.6 is 0 Å². The van der Waals surface area contributed by atoms with Crippen molar-refractivity contribution in [1.82, 2.24) is 10.9 Å². The Labute approximate surface area is 189 Å². The van der Waals surface area contributed by atoms with Crippen LogP contribution in [0.2, 0.25) is 0 Å². The van der Waals surface area contributed by atoms with Gasteiger partial charge in [0.05, 0.1) is 24.3 Å². The molecule has 0 saturated heterocycles. The van der Waals surface area contributed by atoms with E-state index in [4.69, 9.17) is 26.7 Å². The minimum absolute atomic E-state index is 0.00450. The Hall–Kier alpha value is -4.28. The molecule has 0 radical (unpaired) electrons. The van der Waals surface area contributed by atoms with E-state index in [-0.39, 0.29) is 24.6 Å². The molecule has 0 fully saturated rings. The fraction of sp³-hybridized carbons (Fsp3) is 0.130. The highest BCUT2D eigenvalue weighted by molar-refractivity contribution is 6.01. The van der Waals surface area contributed by atoms with Crippen LogP contribution in [0.5, 0.6) is 5.75 Å². The van der Waals surface area contributed by atoms with Crippen molar-refractivity contribution in [3.8, 4) is 5.75 Å². The molecule has 170 valence electrons. The van der Waals surface area contributed by atoms with E-state index >= 15 is 0 Å². The Morgan fingerprint density at radius 2 is 1.79 bits per heavy atom. The second-order valence-corrected chi connectivity index (χ2v) is 7.02. The molecule has 3 rings (SSSR count). The lowest BCUT2D eigenvalue weighted by molar-refractivity contribution is -0.117. The lowest BCUT2D eigenvalue weighted by Crippen LogP contribution is -2.32. The summed E-state index contributed by atoms with van der Waals surface area (Å²) in [4.78, 5) is 28.5. The average molecular weight is 448 g/mol. The number of amidine groups is 1. The normalized spacial score (nSPS) is 10.9. The number of benzene rings is 3. The van der Waals surface area contributed by atoms with Crippen molar-refractivity contribution in [3.63, 3.8) is 0 Å². The molecule has 3 aromatic rings. The first kappa shape index (κ1) is 23.4. The van der Waals surface area contributed by atoms with E-state index in [0.29, 0.717) is 34.3 Å². The monoisotopic (exact) mass is 448 g/mol. The molecule has 10 heteroatoms. The van der Waals surface area contributed by atoms with Gasteiger partial charge in [0, 0.05) is 17.7 Å². The van der Waals surface area contributed by atoms with Crippen molar-refractivity contribution < 1.29 is 19.4 Å². The second-order valence-electron chi connectivity index (χ2n) is 7.02. The van der Waals surface area contributed by atoms with E-state index < -0.39 is 11.9 Å². The van der Waals surface area contributed by atoms with E-state index in [1.807, 2.05) is 0 Å². The van der Waals surface area contributed by atoms with E-state index in [2.05, 4.69) is 15.8 Å². The molecule has 0 bridgehead atoms. The molecule has 3 aromatic carbocycles. The molecule has 0 spiro atoms. The number of nitrogens with one attached hydrogen (secondary N) is 3. The van der Waals surface area contributed by atoms with Gasteiger partial charge in [-0.15, -0.1) is 0 Å². The second kappa shape index (κ2) is 10.8. The summed E-state index contributed by atoms with van der Waals surface area (Å²) in [5, 5.41) is 17.7. The van der Waals surface area contributed by atoms with Gasteiger partial charge in [0.1, 0.15) is 17.9 Å². The van der Waals surface area contributed by atoms with Gasteiger partial charge in [-0.2, -0.15) is 0 Å². The number of aliphatic hydroxyl groups excluding tert-OH is 1. The maximum atomic E-state index is 12.7. The first-order chi connectivity index (χ1) is 15.9. The third-order valence-corrected chi connectivity index (χ3v) is 4.67. The molecule has 0 saturated carbocycles. The zero-order valence-corrected chi connectivity index (χ0v) is 17.7. The quantitative estimate of drug-likeness (QED) is 0.0672. The van der Waals surface area contributed by atoms with Gasteiger partial charge in [0.15, 0.2) is 0 Å². The summed E-state index contributed by atoms with van der Waals surface area (Å²) in [5.41, 5.74) is 18.3. The third kappa shape index (κ3) is 6.12. The number of aliphatic hydroxyl groups is 1. The number of hydrogen-bond donors (Lipinski definition) is 6. The number of hydrazine groups is 1. The molecule has 0 heterocycles. The van der Waals surface area contributed by atoms with Gasteiger partial charge < -0.3 is 26.7 Å². The van der Waals surface area contributed by atoms with Gasteiger partial charge in [-0.25, -0.2) is 15.2 Å². The topological polar surface area (TPSA) is 176 Å². The molecule has 1 amide bonds. The Bertz CT molecular complexity index is 1210. The molecular formula is C23H24N6O4. The van der Waals surface area contributed by atoms with Crippen molar-refractivity contribution in [2.24, 2.45) is 16.5 Å². The first-order valence-corrected chi connectivity index (χ1v) is 10.0. The fourth-order valence-corrected chi connectivity index (χ4v) is 3.12. The van der Waals surface area contributed by atoms with Crippen LogP contribution in [-0.4, -0.2) is 42.3 Å². The molecule has 0 aliphatic carbocycles. The van der Waals surface area contributed by atoms with Crippen LogP contribution in [-0.2, 0) is 11.2 Å². The summed E-state index contributed by atoms with van der Waals surface area (Å²) in [7, 11) is 0. The zero-order chi connectivity index (χ0) is 23.8. The summed E-state index contributed by atoms with van der Waals surface area (Å²) < 4.78 is 5.59. The van der Waals surface area contributed by atoms with Crippen molar-refractivity contribution in [2.45, 2.75) is 6.42 Å². The number of ether oxygens (including phenoxy) is 1. The number of amides is 1. The number of carbonyl (C=O) groups excluding carboxylic acids is 2. The molecule has 0 unspecified atom stereocenters. The summed E-state index contributed by atoms with van der Waals surface area (Å²) in [6.07, 6.45) is 1.30. The number of nitrogens with zero attached hydrogens (tertiary/aromatic N) is 1. The van der Waals surface area contributed by atoms with Crippen LogP contribution in [0, 0.1) is 5.41 Å². The van der Waals surface area contributed by atoms with Gasteiger partial charge in [-0.1, -0.05) is 18.2 Å². The Morgan fingerprint density at radius 1 is 1.06 bits per heavy atom. The van der Waals surface area contributed by atoms with Gasteiger partial charge in [0.25, 0.3) is 0 Å². The van der Waals surface area contributed by atoms with Crippen molar-refractivity contribution in [1.29, 1.82) is 5.41 Å². The molecule has 10 nitrogen and oxygen atoms in total. The minimum atomic E-state index is -0.598. The SMILES string of the molecule is N=C(N)c1ccc2c(CC(N)=O)c(OC(=O)c3ccc(N=CNNCCO)cc3)ccc2c1. The van der Waals surface area contributed by atoms with Crippen LogP contribution in [0.25, 0.3) is 10.8 Å². The van der Waals surface area contributed by atoms with Crippen LogP contribution in [0.1, 0.15) is 21.5 Å². The van der Waals surface area contributed by atoms with Gasteiger partial charge in [-0.3, -0.25) is 10.2 Å². The van der Waals surface area contributed by atoms with E-state index in [1.54, 1.807) is 54.6 Å². The van der Waals surface area contributed by atoms with Crippen LogP contribution < -0.4 is 27.1 Å². The number of rotatable bonds is 10. The highest BCUT2D eigenvalue weighted by Gasteiger charge is 2.16. The van der Waals surface area contributed by atoms with Crippen LogP contribution in [0.3, 0.4) is 0 Å². The molecular weight excluding hydrogens is 424 g/mol. The molecule has 8 N–H and O–H groups in total. The minimum Gasteiger partial charge on any atom is -0.423 e. The van der Waals surface area contributed by atoms with E-state index in [0.717, 1.165) is 5.39 Å². The van der Waals surface area contributed by atoms with Crippen LogP contribution in [0.4, 0.5) is 5.69 Å². The summed E-state index contributed by atoms with van der Waals surface area (Å²) in [6, 6.07) is 14.9. The number of carbonyl (C=O) groups is 2. The highest BCUT2D eigenvalue weighted by Crippen LogP contribution is 2.30. The standard InChI is InChI=1S/C23H24N6O4/c24-21(31)12-19-18-7-3-16(22(25)26)11-15(18)4-8-20(19)33-23(32)14-1-5-17(6-2-14)27-13-29-28-9-10-30/h1-8,11,13,28,30H,9-10,12H2,(H2,24,31)(H3,25,26)(H,27,29). The lowest BCUT2D eigenvalue weighted by atomic mass is 9.98. The van der Waals surface area contributed by atoms with Gasteiger partial charge in [-0.05, 0) is 47.2 Å². The van der Waals surface area contributed by atoms with Gasteiger partial charge in [0.2, 0.25) is 5.91 Å². The largest absolute Gasteiger partial charge is 0.423 e. The number of esters is 1. The maximum Gasteiger partial charge on any atom is 0.343 e. The predicted molar refractivity (Wildman–Crippen MR) is 126 cm³/mol. The Balaban J connectivity index is 1.81. The molecule has 33 heavy (non-hydrogen) atoms. The first-order valence-electron chi connectivity index (χ1n) is 10.0. The zero-order valence-electron chi connectivity index (χ0n) is 17.7. The lowest BCUT2D eigenvalue weighted by Gasteiger charge is -2.13. The Kier molecular flexibility index (Phi) is 7.68. The molecule has 0 atom stereocenters. The fourth-order valence-electron chi connectivity index (χ4n) is 3.12. The van der Waals surface area contributed by atoms with Crippen molar-refractivity contribution in [3.05, 3.63) is 71.3 Å². The van der Waals surface area contributed by atoms with Crippen LogP contribution in [0.15, 0.2) is 59.6 Å². The molecule has 0 aliphatic rings. The number of hydrogen-bond acceptors (Lipinski definition) is 7. The summed E-state index contributed by atoms with van der Waals surface area (Å²) >= 11 is 0.